The van der Waals surface area contributed by atoms with Gasteiger partial charge in [0.2, 0.25) is 0 Å². The van der Waals surface area contributed by atoms with Crippen molar-refractivity contribution in [2.24, 2.45) is 0 Å². The Bertz CT molecular complexity index is 718. The molecule has 1 saturated carbocycles. The highest BCUT2D eigenvalue weighted by atomic mass is 16.5. The number of fused-ring (bicyclic) bond motifs is 1. The van der Waals surface area contributed by atoms with Crippen molar-refractivity contribution >= 4 is 5.91 Å². The van der Waals surface area contributed by atoms with Crippen molar-refractivity contribution in [1.82, 2.24) is 15.0 Å². The summed E-state index contributed by atoms with van der Waals surface area (Å²) in [6.45, 7) is 2.83. The average molecular weight is 329 g/mol. The van der Waals surface area contributed by atoms with E-state index < -0.39 is 0 Å². The van der Waals surface area contributed by atoms with E-state index >= 15 is 0 Å². The Morgan fingerprint density at radius 2 is 2.33 bits per heavy atom. The van der Waals surface area contributed by atoms with E-state index in [1.54, 1.807) is 25.4 Å². The molecule has 1 aliphatic carbocycles. The zero-order chi connectivity index (χ0) is 16.5. The van der Waals surface area contributed by atoms with E-state index in [9.17, 15) is 4.79 Å². The second-order valence-corrected chi connectivity index (χ2v) is 6.15. The molecule has 0 aromatic carbocycles. The summed E-state index contributed by atoms with van der Waals surface area (Å²) in [6.07, 6.45) is 4.88. The monoisotopic (exact) mass is 329 g/mol. The quantitative estimate of drug-likeness (QED) is 0.855. The van der Waals surface area contributed by atoms with E-state index in [0.717, 1.165) is 18.6 Å². The van der Waals surface area contributed by atoms with Gasteiger partial charge in [-0.1, -0.05) is 5.16 Å². The topological polar surface area (TPSA) is 77.7 Å². The summed E-state index contributed by atoms with van der Waals surface area (Å²) in [4.78, 5) is 18.6. The van der Waals surface area contributed by atoms with E-state index in [1.165, 1.54) is 0 Å². The molecule has 2 aliphatic rings. The minimum atomic E-state index is -0.129. The molecule has 2 aromatic heterocycles. The highest BCUT2D eigenvalue weighted by Gasteiger charge is 2.46. The van der Waals surface area contributed by atoms with Crippen LogP contribution in [0.4, 0.5) is 0 Å². The second-order valence-electron chi connectivity index (χ2n) is 6.15. The number of amides is 1. The van der Waals surface area contributed by atoms with Crippen molar-refractivity contribution in [3.05, 3.63) is 42.0 Å². The molecule has 4 rings (SSSR count). The van der Waals surface area contributed by atoms with E-state index in [-0.39, 0.29) is 24.2 Å². The molecule has 3 heterocycles. The molecule has 7 heteroatoms. The fraction of sp³-hybridized carbons (Fsp3) is 0.471. The lowest BCUT2D eigenvalue weighted by Gasteiger charge is -2.38. The number of morpholine rings is 1. The van der Waals surface area contributed by atoms with Crippen LogP contribution in [-0.4, -0.2) is 52.3 Å². The minimum Gasteiger partial charge on any atom is -0.486 e. The van der Waals surface area contributed by atoms with Crippen molar-refractivity contribution < 1.29 is 18.8 Å². The Morgan fingerprint density at radius 1 is 1.42 bits per heavy atom. The number of aryl methyl sites for hydroxylation is 1. The number of hydrogen-bond acceptors (Lipinski definition) is 6. The van der Waals surface area contributed by atoms with Crippen LogP contribution in [0.25, 0.3) is 0 Å². The van der Waals surface area contributed by atoms with Crippen LogP contribution in [0.2, 0.25) is 0 Å². The summed E-state index contributed by atoms with van der Waals surface area (Å²) in [5, 5.41) is 3.85. The normalized spacial score (nSPS) is 26.2. The Balaban J connectivity index is 1.49. The van der Waals surface area contributed by atoms with Crippen molar-refractivity contribution in [2.45, 2.75) is 38.0 Å². The van der Waals surface area contributed by atoms with Crippen LogP contribution in [0.1, 0.15) is 29.1 Å². The van der Waals surface area contributed by atoms with E-state index in [2.05, 4.69) is 10.1 Å². The fourth-order valence-corrected chi connectivity index (χ4v) is 3.50. The molecule has 1 amide bonds. The molecule has 2 aromatic rings. The van der Waals surface area contributed by atoms with Crippen LogP contribution in [0.15, 0.2) is 35.1 Å². The van der Waals surface area contributed by atoms with Crippen LogP contribution in [-0.2, 0) is 4.74 Å². The van der Waals surface area contributed by atoms with Gasteiger partial charge in [0.05, 0.1) is 18.8 Å². The van der Waals surface area contributed by atoms with Crippen molar-refractivity contribution in [3.63, 3.8) is 0 Å². The fourth-order valence-electron chi connectivity index (χ4n) is 3.50. The molecule has 7 nitrogen and oxygen atoms in total. The van der Waals surface area contributed by atoms with Crippen molar-refractivity contribution in [1.29, 1.82) is 0 Å². The summed E-state index contributed by atoms with van der Waals surface area (Å²) in [5.74, 6) is 1.25. The zero-order valence-electron chi connectivity index (χ0n) is 13.4. The van der Waals surface area contributed by atoms with Gasteiger partial charge >= 0.3 is 0 Å². The van der Waals surface area contributed by atoms with Crippen LogP contribution >= 0.6 is 0 Å². The first-order valence-corrected chi connectivity index (χ1v) is 8.15. The van der Waals surface area contributed by atoms with Crippen LogP contribution in [0.5, 0.6) is 5.75 Å². The minimum absolute atomic E-state index is 0.00456. The number of nitrogens with zero attached hydrogens (tertiary/aromatic N) is 3. The van der Waals surface area contributed by atoms with Gasteiger partial charge in [0.25, 0.3) is 5.91 Å². The van der Waals surface area contributed by atoms with E-state index in [0.29, 0.717) is 24.6 Å². The third kappa shape index (κ3) is 2.75. The zero-order valence-corrected chi connectivity index (χ0v) is 13.4. The van der Waals surface area contributed by atoms with Crippen molar-refractivity contribution in [2.75, 3.05) is 13.2 Å². The number of rotatable bonds is 3. The number of hydrogen-bond donors (Lipinski definition) is 0. The summed E-state index contributed by atoms with van der Waals surface area (Å²) in [5.41, 5.74) is 0.352. The first-order valence-electron chi connectivity index (χ1n) is 8.15. The average Bonchev–Trinajstić information content (AvgIpc) is 3.22. The second kappa shape index (κ2) is 6.24. The van der Waals surface area contributed by atoms with Gasteiger partial charge in [-0.3, -0.25) is 9.78 Å². The van der Waals surface area contributed by atoms with Gasteiger partial charge in [0.15, 0.2) is 5.69 Å². The highest BCUT2D eigenvalue weighted by Crippen LogP contribution is 2.33. The van der Waals surface area contributed by atoms with Gasteiger partial charge in [-0.2, -0.15) is 0 Å². The molecule has 0 bridgehead atoms. The maximum absolute atomic E-state index is 12.7. The van der Waals surface area contributed by atoms with E-state index in [4.69, 9.17) is 14.0 Å². The first kappa shape index (κ1) is 15.1. The molecule has 0 N–H and O–H groups in total. The summed E-state index contributed by atoms with van der Waals surface area (Å²) < 4.78 is 17.0. The molecule has 0 unspecified atom stereocenters. The van der Waals surface area contributed by atoms with Gasteiger partial charge in [-0.15, -0.1) is 0 Å². The Labute approximate surface area is 139 Å². The Morgan fingerprint density at radius 3 is 3.08 bits per heavy atom. The van der Waals surface area contributed by atoms with Gasteiger partial charge in [0, 0.05) is 18.8 Å². The molecule has 3 atom stereocenters. The van der Waals surface area contributed by atoms with Gasteiger partial charge in [0.1, 0.15) is 23.7 Å². The van der Waals surface area contributed by atoms with Gasteiger partial charge in [-0.05, 0) is 31.9 Å². The van der Waals surface area contributed by atoms with Crippen molar-refractivity contribution in [3.8, 4) is 5.75 Å². The number of carbonyl (C=O) groups is 1. The Hall–Kier alpha value is -2.41. The molecule has 0 spiro atoms. The lowest BCUT2D eigenvalue weighted by Crippen LogP contribution is -2.54. The molecule has 126 valence electrons. The molecule has 2 fully saturated rings. The van der Waals surface area contributed by atoms with Gasteiger partial charge in [-0.25, -0.2) is 0 Å². The van der Waals surface area contributed by atoms with Crippen LogP contribution < -0.4 is 4.74 Å². The largest absolute Gasteiger partial charge is 0.486 e. The molecule has 1 saturated heterocycles. The van der Waals surface area contributed by atoms with Gasteiger partial charge < -0.3 is 18.9 Å². The third-order valence-electron chi connectivity index (χ3n) is 4.57. The third-order valence-corrected chi connectivity index (χ3v) is 4.57. The van der Waals surface area contributed by atoms with Crippen LogP contribution in [0, 0.1) is 6.92 Å². The number of ether oxygens (including phenoxy) is 2. The maximum Gasteiger partial charge on any atom is 0.276 e. The summed E-state index contributed by atoms with van der Waals surface area (Å²) >= 11 is 0. The summed E-state index contributed by atoms with van der Waals surface area (Å²) in [6, 6.07) is 5.40. The molecule has 0 radical (unpaired) electrons. The number of pyridine rings is 1. The number of carbonyl (C=O) groups excluding carboxylic acids is 1. The predicted octanol–water partition coefficient (Wildman–Crippen LogP) is 1.83. The molecular weight excluding hydrogens is 310 g/mol. The Kier molecular flexibility index (Phi) is 3.93. The molecule has 1 aliphatic heterocycles. The first-order chi connectivity index (χ1) is 11.7. The summed E-state index contributed by atoms with van der Waals surface area (Å²) in [7, 11) is 0. The smallest absolute Gasteiger partial charge is 0.276 e. The standard InChI is InChI=1S/C17H19N3O4/c1-11-9-13(19-24-11)17(21)20-7-8-22-16-14(20)4-5-15(16)23-12-3-2-6-18-10-12/h2-3,6,9-10,14-16H,4-5,7-8H2,1H3/t14-,15-,16+/m0/s1. The SMILES string of the molecule is Cc1cc(C(=O)N2CCO[C@H]3[C@@H](Oc4cccnc4)CC[C@@H]32)no1. The number of aromatic nitrogens is 2. The predicted molar refractivity (Wildman–Crippen MR) is 83.7 cm³/mol. The van der Waals surface area contributed by atoms with E-state index in [1.807, 2.05) is 17.0 Å². The molecule has 24 heavy (non-hydrogen) atoms. The maximum atomic E-state index is 12.7. The highest BCUT2D eigenvalue weighted by molar-refractivity contribution is 5.92. The molecular formula is C17H19N3O4. The lowest BCUT2D eigenvalue weighted by atomic mass is 10.1. The lowest BCUT2D eigenvalue weighted by molar-refractivity contribution is -0.0788. The van der Waals surface area contributed by atoms with Crippen LogP contribution in [0.3, 0.4) is 0 Å².